The number of hydrogen-bond donors (Lipinski definition) is 1. The fraction of sp³-hybridized carbons (Fsp3) is 0.500. The summed E-state index contributed by atoms with van der Waals surface area (Å²) in [4.78, 5) is 11.3. The van der Waals surface area contributed by atoms with Gasteiger partial charge in [0.1, 0.15) is 0 Å². The Balaban J connectivity index is 2.05. The number of amides is 1. The lowest BCUT2D eigenvalue weighted by Crippen LogP contribution is -2.37. The number of hydrogen-bond acceptors (Lipinski definition) is 3. The molecule has 1 aromatic carbocycles. The van der Waals surface area contributed by atoms with Crippen LogP contribution in [0, 0.1) is 0 Å². The zero-order valence-corrected chi connectivity index (χ0v) is 12.4. The van der Waals surface area contributed by atoms with Crippen molar-refractivity contribution < 1.29 is 13.2 Å². The van der Waals surface area contributed by atoms with Gasteiger partial charge in [0, 0.05) is 26.1 Å². The lowest BCUT2D eigenvalue weighted by atomic mass is 10.0. The van der Waals surface area contributed by atoms with Crippen molar-refractivity contribution in [3.63, 3.8) is 0 Å². The first kappa shape index (κ1) is 15.0. The predicted molar refractivity (Wildman–Crippen MR) is 77.8 cm³/mol. The van der Waals surface area contributed by atoms with Crippen LogP contribution in [-0.2, 0) is 14.8 Å². The molecule has 1 amide bonds. The van der Waals surface area contributed by atoms with Crippen molar-refractivity contribution in [2.45, 2.75) is 19.3 Å². The molecule has 0 bridgehead atoms. The average Bonchev–Trinajstić information content (AvgIpc) is 2.64. The summed E-state index contributed by atoms with van der Waals surface area (Å²) in [7, 11) is -3.34. The Morgan fingerprint density at radius 2 is 1.95 bits per heavy atom. The highest BCUT2D eigenvalue weighted by Crippen LogP contribution is 2.19. The van der Waals surface area contributed by atoms with Crippen molar-refractivity contribution in [3.8, 4) is 0 Å². The molecule has 1 heterocycles. The van der Waals surface area contributed by atoms with Crippen LogP contribution in [0.3, 0.4) is 0 Å². The largest absolute Gasteiger partial charge is 0.355 e. The van der Waals surface area contributed by atoms with Crippen molar-refractivity contribution in [2.24, 2.45) is 0 Å². The van der Waals surface area contributed by atoms with Crippen LogP contribution in [0.15, 0.2) is 30.3 Å². The van der Waals surface area contributed by atoms with Gasteiger partial charge in [-0.05, 0) is 11.5 Å². The van der Waals surface area contributed by atoms with E-state index in [1.54, 1.807) is 0 Å². The highest BCUT2D eigenvalue weighted by atomic mass is 32.2. The molecule has 2 rings (SSSR count). The van der Waals surface area contributed by atoms with Crippen LogP contribution >= 0.6 is 0 Å². The molecule has 1 fully saturated rings. The summed E-state index contributed by atoms with van der Waals surface area (Å²) in [6.07, 6.45) is 0.235. The Morgan fingerprint density at radius 1 is 1.25 bits per heavy atom. The summed E-state index contributed by atoms with van der Waals surface area (Å²) in [6.45, 7) is 2.93. The first-order chi connectivity index (χ1) is 9.49. The van der Waals surface area contributed by atoms with Gasteiger partial charge in [-0.3, -0.25) is 4.79 Å². The molecule has 0 saturated carbocycles. The lowest BCUT2D eigenvalue weighted by Gasteiger charge is -2.21. The summed E-state index contributed by atoms with van der Waals surface area (Å²) in [6, 6.07) is 9.61. The Bertz CT molecular complexity index is 557. The molecule has 1 aliphatic rings. The molecule has 0 aliphatic carbocycles. The molecular weight excluding hydrogens is 276 g/mol. The van der Waals surface area contributed by atoms with E-state index < -0.39 is 10.0 Å². The number of carbonyl (C=O) groups excluding carboxylic acids is 1. The van der Waals surface area contributed by atoms with E-state index in [0.29, 0.717) is 13.1 Å². The summed E-state index contributed by atoms with van der Waals surface area (Å²) < 4.78 is 26.3. The SMILES string of the molecule is CC(CS(=O)(=O)N1CCNC(=O)CC1)c1ccccc1. The topological polar surface area (TPSA) is 66.5 Å². The summed E-state index contributed by atoms with van der Waals surface area (Å²) in [5.74, 6) is -0.0718. The fourth-order valence-corrected chi connectivity index (χ4v) is 4.10. The number of rotatable bonds is 4. The quantitative estimate of drug-likeness (QED) is 0.899. The normalized spacial score (nSPS) is 19.1. The van der Waals surface area contributed by atoms with Gasteiger partial charge in [-0.15, -0.1) is 0 Å². The van der Waals surface area contributed by atoms with E-state index in [4.69, 9.17) is 0 Å². The molecule has 0 radical (unpaired) electrons. The van der Waals surface area contributed by atoms with Crippen LogP contribution in [0.1, 0.15) is 24.8 Å². The number of carbonyl (C=O) groups is 1. The van der Waals surface area contributed by atoms with Gasteiger partial charge in [0.2, 0.25) is 15.9 Å². The van der Waals surface area contributed by atoms with Crippen LogP contribution in [0.25, 0.3) is 0 Å². The zero-order valence-electron chi connectivity index (χ0n) is 11.6. The molecule has 20 heavy (non-hydrogen) atoms. The zero-order chi connectivity index (χ0) is 14.6. The standard InChI is InChI=1S/C14H20N2O3S/c1-12(13-5-3-2-4-6-13)11-20(18,19)16-9-7-14(17)15-8-10-16/h2-6,12H,7-11H2,1H3,(H,15,17). The third-order valence-electron chi connectivity index (χ3n) is 3.49. The maximum Gasteiger partial charge on any atom is 0.221 e. The molecule has 1 atom stereocenters. The molecule has 0 spiro atoms. The van der Waals surface area contributed by atoms with Crippen LogP contribution in [0.5, 0.6) is 0 Å². The Morgan fingerprint density at radius 3 is 2.65 bits per heavy atom. The minimum absolute atomic E-state index is 0.0619. The number of nitrogens with zero attached hydrogens (tertiary/aromatic N) is 1. The van der Waals surface area contributed by atoms with Gasteiger partial charge in [0.05, 0.1) is 5.75 Å². The van der Waals surface area contributed by atoms with Crippen molar-refractivity contribution in [3.05, 3.63) is 35.9 Å². The maximum absolute atomic E-state index is 12.4. The van der Waals surface area contributed by atoms with E-state index in [0.717, 1.165) is 5.56 Å². The van der Waals surface area contributed by atoms with Crippen LogP contribution < -0.4 is 5.32 Å². The second-order valence-corrected chi connectivity index (χ2v) is 7.10. The number of sulfonamides is 1. The van der Waals surface area contributed by atoms with Gasteiger partial charge >= 0.3 is 0 Å². The first-order valence-electron chi connectivity index (χ1n) is 6.78. The molecule has 5 nitrogen and oxygen atoms in total. The van der Waals surface area contributed by atoms with E-state index in [9.17, 15) is 13.2 Å². The minimum Gasteiger partial charge on any atom is -0.355 e. The summed E-state index contributed by atoms with van der Waals surface area (Å²) >= 11 is 0. The molecule has 1 N–H and O–H groups in total. The van der Waals surface area contributed by atoms with Crippen molar-refractivity contribution in [1.29, 1.82) is 0 Å². The Hall–Kier alpha value is -1.40. The lowest BCUT2D eigenvalue weighted by molar-refractivity contribution is -0.120. The second kappa shape index (κ2) is 6.37. The molecule has 1 saturated heterocycles. The van der Waals surface area contributed by atoms with Gasteiger partial charge in [-0.2, -0.15) is 4.31 Å². The van der Waals surface area contributed by atoms with Gasteiger partial charge in [0.15, 0.2) is 0 Å². The van der Waals surface area contributed by atoms with Gasteiger partial charge < -0.3 is 5.32 Å². The van der Waals surface area contributed by atoms with Crippen LogP contribution in [0.2, 0.25) is 0 Å². The van der Waals surface area contributed by atoms with Crippen molar-refractivity contribution in [2.75, 3.05) is 25.4 Å². The van der Waals surface area contributed by atoms with Crippen LogP contribution in [-0.4, -0.2) is 44.0 Å². The van der Waals surface area contributed by atoms with Gasteiger partial charge in [-0.25, -0.2) is 8.42 Å². The third kappa shape index (κ3) is 3.80. The predicted octanol–water partition coefficient (Wildman–Crippen LogP) is 0.942. The van der Waals surface area contributed by atoms with E-state index in [-0.39, 0.29) is 30.5 Å². The Labute approximate surface area is 120 Å². The van der Waals surface area contributed by atoms with Crippen molar-refractivity contribution in [1.82, 2.24) is 9.62 Å². The fourth-order valence-electron chi connectivity index (χ4n) is 2.32. The molecule has 1 aromatic rings. The van der Waals surface area contributed by atoms with Crippen molar-refractivity contribution >= 4 is 15.9 Å². The highest BCUT2D eigenvalue weighted by molar-refractivity contribution is 7.89. The van der Waals surface area contributed by atoms with E-state index in [1.807, 2.05) is 37.3 Å². The Kier molecular flexibility index (Phi) is 4.77. The monoisotopic (exact) mass is 296 g/mol. The van der Waals surface area contributed by atoms with Gasteiger partial charge in [0.25, 0.3) is 0 Å². The third-order valence-corrected chi connectivity index (χ3v) is 5.57. The summed E-state index contributed by atoms with van der Waals surface area (Å²) in [5, 5.41) is 2.69. The maximum atomic E-state index is 12.4. The average molecular weight is 296 g/mol. The molecule has 110 valence electrons. The summed E-state index contributed by atoms with van der Waals surface area (Å²) in [5.41, 5.74) is 1.01. The molecule has 1 aliphatic heterocycles. The first-order valence-corrected chi connectivity index (χ1v) is 8.39. The molecule has 1 unspecified atom stereocenters. The van der Waals surface area contributed by atoms with E-state index in [2.05, 4.69) is 5.32 Å². The van der Waals surface area contributed by atoms with E-state index >= 15 is 0 Å². The molecular formula is C14H20N2O3S. The van der Waals surface area contributed by atoms with Crippen LogP contribution in [0.4, 0.5) is 0 Å². The number of benzene rings is 1. The second-order valence-electron chi connectivity index (χ2n) is 5.09. The molecule has 0 aromatic heterocycles. The van der Waals surface area contributed by atoms with Gasteiger partial charge in [-0.1, -0.05) is 37.3 Å². The number of nitrogens with one attached hydrogen (secondary N) is 1. The minimum atomic E-state index is -3.34. The molecule has 6 heteroatoms. The smallest absolute Gasteiger partial charge is 0.221 e. The van der Waals surface area contributed by atoms with E-state index in [1.165, 1.54) is 4.31 Å². The highest BCUT2D eigenvalue weighted by Gasteiger charge is 2.27.